The predicted octanol–water partition coefficient (Wildman–Crippen LogP) is 4.56. The summed E-state index contributed by atoms with van der Waals surface area (Å²) < 4.78 is 1.15. The van der Waals surface area contributed by atoms with Crippen LogP contribution in [0.2, 0.25) is 0 Å². The molecule has 1 saturated carbocycles. The first-order valence-electron chi connectivity index (χ1n) is 8.08. The summed E-state index contributed by atoms with van der Waals surface area (Å²) in [6.07, 6.45) is 9.60. The van der Waals surface area contributed by atoms with Crippen molar-refractivity contribution in [3.8, 4) is 0 Å². The molecule has 1 aromatic carbocycles. The van der Waals surface area contributed by atoms with E-state index in [0.717, 1.165) is 16.4 Å². The highest BCUT2D eigenvalue weighted by molar-refractivity contribution is 9.10. The number of hydrogen-bond acceptors (Lipinski definition) is 2. The SMILES string of the molecule is Brc1ccc(NC2CCCCC2C2CCCCN2)cc1. The van der Waals surface area contributed by atoms with Gasteiger partial charge in [-0.05, 0) is 62.4 Å². The Hall–Kier alpha value is -0.540. The van der Waals surface area contributed by atoms with Crippen molar-refractivity contribution in [2.75, 3.05) is 11.9 Å². The van der Waals surface area contributed by atoms with Gasteiger partial charge in [0.2, 0.25) is 0 Å². The fourth-order valence-electron chi connectivity index (χ4n) is 3.82. The van der Waals surface area contributed by atoms with E-state index in [9.17, 15) is 0 Å². The van der Waals surface area contributed by atoms with Crippen LogP contribution in [0.3, 0.4) is 0 Å². The maximum absolute atomic E-state index is 3.79. The lowest BCUT2D eigenvalue weighted by atomic mass is 9.77. The molecule has 20 heavy (non-hydrogen) atoms. The standard InChI is InChI=1S/C17H25BrN2/c18-13-8-10-14(11-9-13)20-17-7-2-1-5-15(17)16-6-3-4-12-19-16/h8-11,15-17,19-20H,1-7,12H2. The summed E-state index contributed by atoms with van der Waals surface area (Å²) in [6.45, 7) is 1.21. The van der Waals surface area contributed by atoms with Crippen LogP contribution < -0.4 is 10.6 Å². The van der Waals surface area contributed by atoms with Crippen LogP contribution in [0.4, 0.5) is 5.69 Å². The van der Waals surface area contributed by atoms with Crippen LogP contribution >= 0.6 is 15.9 Å². The van der Waals surface area contributed by atoms with Crippen molar-refractivity contribution in [2.45, 2.75) is 57.0 Å². The minimum absolute atomic E-state index is 0.639. The lowest BCUT2D eigenvalue weighted by Crippen LogP contribution is -2.48. The first kappa shape index (κ1) is 14.4. The Labute approximate surface area is 130 Å². The van der Waals surface area contributed by atoms with Gasteiger partial charge in [0, 0.05) is 22.2 Å². The molecule has 1 heterocycles. The van der Waals surface area contributed by atoms with Crippen LogP contribution in [-0.4, -0.2) is 18.6 Å². The highest BCUT2D eigenvalue weighted by Crippen LogP contribution is 2.32. The van der Waals surface area contributed by atoms with Gasteiger partial charge in [-0.1, -0.05) is 35.2 Å². The molecular formula is C17H25BrN2. The Morgan fingerprint density at radius 2 is 1.70 bits per heavy atom. The van der Waals surface area contributed by atoms with Gasteiger partial charge in [-0.3, -0.25) is 0 Å². The van der Waals surface area contributed by atoms with E-state index < -0.39 is 0 Å². The maximum atomic E-state index is 3.79. The molecule has 1 aliphatic heterocycles. The molecule has 1 saturated heterocycles. The molecule has 0 bridgehead atoms. The Kier molecular flexibility index (Phi) is 5.00. The minimum atomic E-state index is 0.639. The quantitative estimate of drug-likeness (QED) is 0.845. The van der Waals surface area contributed by atoms with Gasteiger partial charge in [-0.2, -0.15) is 0 Å². The van der Waals surface area contributed by atoms with Gasteiger partial charge in [0.05, 0.1) is 0 Å². The second-order valence-electron chi connectivity index (χ2n) is 6.26. The molecule has 3 rings (SSSR count). The number of anilines is 1. The van der Waals surface area contributed by atoms with Crippen molar-refractivity contribution in [1.82, 2.24) is 5.32 Å². The van der Waals surface area contributed by atoms with Crippen molar-refractivity contribution in [2.24, 2.45) is 5.92 Å². The number of piperidine rings is 1. The highest BCUT2D eigenvalue weighted by Gasteiger charge is 2.32. The molecule has 2 aliphatic rings. The second-order valence-corrected chi connectivity index (χ2v) is 7.18. The Morgan fingerprint density at radius 1 is 0.950 bits per heavy atom. The molecule has 110 valence electrons. The van der Waals surface area contributed by atoms with Crippen molar-refractivity contribution < 1.29 is 0 Å². The molecule has 2 fully saturated rings. The first-order valence-corrected chi connectivity index (χ1v) is 8.88. The summed E-state index contributed by atoms with van der Waals surface area (Å²) in [5.74, 6) is 0.799. The normalized spacial score (nSPS) is 30.9. The zero-order chi connectivity index (χ0) is 13.8. The zero-order valence-corrected chi connectivity index (χ0v) is 13.7. The van der Waals surface area contributed by atoms with E-state index in [-0.39, 0.29) is 0 Å². The summed E-state index contributed by atoms with van der Waals surface area (Å²) in [5.41, 5.74) is 1.26. The molecule has 0 radical (unpaired) electrons. The number of rotatable bonds is 3. The number of halogens is 1. The van der Waals surface area contributed by atoms with Crippen molar-refractivity contribution in [1.29, 1.82) is 0 Å². The average Bonchev–Trinajstić information content (AvgIpc) is 2.51. The fourth-order valence-corrected chi connectivity index (χ4v) is 4.09. The third kappa shape index (κ3) is 3.56. The monoisotopic (exact) mass is 336 g/mol. The molecular weight excluding hydrogens is 312 g/mol. The number of benzene rings is 1. The molecule has 1 aromatic rings. The van der Waals surface area contributed by atoms with E-state index in [1.54, 1.807) is 0 Å². The molecule has 0 spiro atoms. The van der Waals surface area contributed by atoms with E-state index in [2.05, 4.69) is 50.8 Å². The average molecular weight is 337 g/mol. The van der Waals surface area contributed by atoms with Gasteiger partial charge in [0.15, 0.2) is 0 Å². The van der Waals surface area contributed by atoms with Gasteiger partial charge >= 0.3 is 0 Å². The lowest BCUT2D eigenvalue weighted by Gasteiger charge is -2.40. The van der Waals surface area contributed by atoms with Crippen molar-refractivity contribution in [3.05, 3.63) is 28.7 Å². The summed E-state index contributed by atoms with van der Waals surface area (Å²) in [4.78, 5) is 0. The third-order valence-corrected chi connectivity index (χ3v) is 5.41. The minimum Gasteiger partial charge on any atom is -0.382 e. The van der Waals surface area contributed by atoms with Crippen LogP contribution in [0.5, 0.6) is 0 Å². The third-order valence-electron chi connectivity index (χ3n) is 4.88. The summed E-state index contributed by atoms with van der Waals surface area (Å²) in [6, 6.07) is 9.99. The van der Waals surface area contributed by atoms with Crippen LogP contribution in [0.25, 0.3) is 0 Å². The van der Waals surface area contributed by atoms with E-state index in [0.29, 0.717) is 6.04 Å². The number of hydrogen-bond donors (Lipinski definition) is 2. The summed E-state index contributed by atoms with van der Waals surface area (Å²) in [7, 11) is 0. The predicted molar refractivity (Wildman–Crippen MR) is 89.2 cm³/mol. The largest absolute Gasteiger partial charge is 0.382 e. The van der Waals surface area contributed by atoms with E-state index in [1.807, 2.05) is 0 Å². The Bertz CT molecular complexity index is 412. The van der Waals surface area contributed by atoms with Gasteiger partial charge < -0.3 is 10.6 Å². The number of nitrogens with one attached hydrogen (secondary N) is 2. The summed E-state index contributed by atoms with van der Waals surface area (Å²) >= 11 is 3.51. The van der Waals surface area contributed by atoms with Gasteiger partial charge in [-0.15, -0.1) is 0 Å². The molecule has 3 atom stereocenters. The van der Waals surface area contributed by atoms with Crippen molar-refractivity contribution >= 4 is 21.6 Å². The second kappa shape index (κ2) is 6.95. The van der Waals surface area contributed by atoms with Gasteiger partial charge in [-0.25, -0.2) is 0 Å². The maximum Gasteiger partial charge on any atom is 0.0343 e. The topological polar surface area (TPSA) is 24.1 Å². The Balaban J connectivity index is 1.66. The molecule has 3 heteroatoms. The van der Waals surface area contributed by atoms with Crippen LogP contribution in [-0.2, 0) is 0 Å². The molecule has 2 N–H and O–H groups in total. The van der Waals surface area contributed by atoms with E-state index >= 15 is 0 Å². The molecule has 3 unspecified atom stereocenters. The smallest absolute Gasteiger partial charge is 0.0343 e. The molecule has 2 nitrogen and oxygen atoms in total. The first-order chi connectivity index (χ1) is 9.83. The van der Waals surface area contributed by atoms with Crippen LogP contribution in [0, 0.1) is 5.92 Å². The van der Waals surface area contributed by atoms with E-state index in [4.69, 9.17) is 0 Å². The van der Waals surface area contributed by atoms with Crippen LogP contribution in [0.15, 0.2) is 28.7 Å². The lowest BCUT2D eigenvalue weighted by molar-refractivity contribution is 0.217. The summed E-state index contributed by atoms with van der Waals surface area (Å²) in [5, 5.41) is 7.56. The van der Waals surface area contributed by atoms with Gasteiger partial charge in [0.25, 0.3) is 0 Å². The van der Waals surface area contributed by atoms with E-state index in [1.165, 1.54) is 57.2 Å². The molecule has 0 amide bonds. The highest BCUT2D eigenvalue weighted by atomic mass is 79.9. The molecule has 0 aromatic heterocycles. The molecule has 1 aliphatic carbocycles. The van der Waals surface area contributed by atoms with Crippen LogP contribution in [0.1, 0.15) is 44.9 Å². The fraction of sp³-hybridized carbons (Fsp3) is 0.647. The Morgan fingerprint density at radius 3 is 2.45 bits per heavy atom. The zero-order valence-electron chi connectivity index (χ0n) is 12.1. The van der Waals surface area contributed by atoms with Gasteiger partial charge in [0.1, 0.15) is 0 Å². The van der Waals surface area contributed by atoms with Crippen molar-refractivity contribution in [3.63, 3.8) is 0 Å².